The van der Waals surface area contributed by atoms with Gasteiger partial charge in [-0.05, 0) is 39.2 Å². The molecular formula is C13H19NO2. The van der Waals surface area contributed by atoms with Crippen LogP contribution in [-0.4, -0.2) is 15.6 Å². The van der Waals surface area contributed by atoms with Gasteiger partial charge in [-0.25, -0.2) is 4.79 Å². The summed E-state index contributed by atoms with van der Waals surface area (Å²) >= 11 is 0. The fourth-order valence-electron chi connectivity index (χ4n) is 2.61. The Morgan fingerprint density at radius 2 is 2.19 bits per heavy atom. The molecule has 1 aliphatic carbocycles. The molecule has 0 amide bonds. The number of aryl methyl sites for hydroxylation is 1. The maximum atomic E-state index is 11.0. The highest BCUT2D eigenvalue weighted by Gasteiger charge is 2.26. The zero-order valence-corrected chi connectivity index (χ0v) is 10.2. The molecule has 1 fully saturated rings. The number of hydrogen-bond donors (Lipinski definition) is 1. The van der Waals surface area contributed by atoms with Gasteiger partial charge in [0.25, 0.3) is 0 Å². The SMILES string of the molecule is Cc1cc(C(=O)O)c(C)n1C(C)CC1CC1. The molecule has 0 bridgehead atoms. The summed E-state index contributed by atoms with van der Waals surface area (Å²) in [6.07, 6.45) is 3.86. The molecule has 0 aliphatic heterocycles. The Bertz CT molecular complexity index is 416. The smallest absolute Gasteiger partial charge is 0.337 e. The molecule has 1 atom stereocenters. The van der Waals surface area contributed by atoms with E-state index in [4.69, 9.17) is 5.11 Å². The highest BCUT2D eigenvalue weighted by Crippen LogP contribution is 2.37. The predicted molar refractivity (Wildman–Crippen MR) is 62.9 cm³/mol. The summed E-state index contributed by atoms with van der Waals surface area (Å²) in [6.45, 7) is 6.08. The van der Waals surface area contributed by atoms with Crippen molar-refractivity contribution in [1.82, 2.24) is 4.57 Å². The van der Waals surface area contributed by atoms with Gasteiger partial charge in [-0.1, -0.05) is 12.8 Å². The Morgan fingerprint density at radius 3 is 2.62 bits per heavy atom. The molecule has 0 radical (unpaired) electrons. The van der Waals surface area contributed by atoms with Crippen LogP contribution in [0.25, 0.3) is 0 Å². The molecule has 0 aromatic carbocycles. The van der Waals surface area contributed by atoms with Crippen molar-refractivity contribution in [2.45, 2.75) is 46.1 Å². The Hall–Kier alpha value is -1.25. The highest BCUT2D eigenvalue weighted by molar-refractivity contribution is 5.89. The van der Waals surface area contributed by atoms with Crippen molar-refractivity contribution in [2.75, 3.05) is 0 Å². The van der Waals surface area contributed by atoms with Crippen LogP contribution in [0.1, 0.15) is 54.0 Å². The summed E-state index contributed by atoms with van der Waals surface area (Å²) < 4.78 is 2.17. The summed E-state index contributed by atoms with van der Waals surface area (Å²) in [5, 5.41) is 9.07. The molecule has 16 heavy (non-hydrogen) atoms. The molecule has 1 heterocycles. The minimum Gasteiger partial charge on any atom is -0.478 e. The number of carboxylic acids is 1. The summed E-state index contributed by atoms with van der Waals surface area (Å²) in [6, 6.07) is 2.20. The zero-order chi connectivity index (χ0) is 11.9. The van der Waals surface area contributed by atoms with E-state index >= 15 is 0 Å². The van der Waals surface area contributed by atoms with E-state index in [0.717, 1.165) is 17.3 Å². The Morgan fingerprint density at radius 1 is 1.56 bits per heavy atom. The lowest BCUT2D eigenvalue weighted by Gasteiger charge is -2.18. The van der Waals surface area contributed by atoms with E-state index in [1.807, 2.05) is 13.8 Å². The summed E-state index contributed by atoms with van der Waals surface area (Å²) in [7, 11) is 0. The van der Waals surface area contributed by atoms with Crippen LogP contribution in [0.3, 0.4) is 0 Å². The zero-order valence-electron chi connectivity index (χ0n) is 10.2. The molecule has 3 nitrogen and oxygen atoms in total. The van der Waals surface area contributed by atoms with Crippen LogP contribution in [-0.2, 0) is 0 Å². The number of aromatic carboxylic acids is 1. The van der Waals surface area contributed by atoms with E-state index in [1.165, 1.54) is 19.3 Å². The van der Waals surface area contributed by atoms with Crippen molar-refractivity contribution in [3.05, 3.63) is 23.0 Å². The monoisotopic (exact) mass is 221 g/mol. The molecule has 1 aliphatic rings. The number of hydrogen-bond acceptors (Lipinski definition) is 1. The van der Waals surface area contributed by atoms with Crippen LogP contribution in [0.5, 0.6) is 0 Å². The first-order valence-electron chi connectivity index (χ1n) is 5.92. The summed E-state index contributed by atoms with van der Waals surface area (Å²) in [5.74, 6) is 0.0439. The van der Waals surface area contributed by atoms with Gasteiger partial charge in [0.2, 0.25) is 0 Å². The highest BCUT2D eigenvalue weighted by atomic mass is 16.4. The first kappa shape index (κ1) is 11.2. The van der Waals surface area contributed by atoms with Crippen molar-refractivity contribution in [2.24, 2.45) is 5.92 Å². The lowest BCUT2D eigenvalue weighted by atomic mass is 10.1. The maximum absolute atomic E-state index is 11.0. The van der Waals surface area contributed by atoms with Crippen LogP contribution in [0, 0.1) is 19.8 Å². The molecule has 1 aromatic heterocycles. The van der Waals surface area contributed by atoms with E-state index in [2.05, 4.69) is 11.5 Å². The molecule has 88 valence electrons. The molecular weight excluding hydrogens is 202 g/mol. The number of nitrogens with zero attached hydrogens (tertiary/aromatic N) is 1. The van der Waals surface area contributed by atoms with Gasteiger partial charge in [-0.15, -0.1) is 0 Å². The van der Waals surface area contributed by atoms with Crippen molar-refractivity contribution in [1.29, 1.82) is 0 Å². The fraction of sp³-hybridized carbons (Fsp3) is 0.615. The average molecular weight is 221 g/mol. The molecule has 0 spiro atoms. The van der Waals surface area contributed by atoms with E-state index in [1.54, 1.807) is 6.07 Å². The largest absolute Gasteiger partial charge is 0.478 e. The minimum atomic E-state index is -0.821. The molecule has 0 saturated heterocycles. The van der Waals surface area contributed by atoms with Crippen molar-refractivity contribution >= 4 is 5.97 Å². The third kappa shape index (κ3) is 1.99. The van der Waals surface area contributed by atoms with E-state index in [9.17, 15) is 4.79 Å². The average Bonchev–Trinajstić information content (AvgIpc) is 2.92. The Balaban J connectivity index is 2.27. The first-order valence-corrected chi connectivity index (χ1v) is 5.92. The van der Waals surface area contributed by atoms with Gasteiger partial charge >= 0.3 is 5.97 Å². The molecule has 1 N–H and O–H groups in total. The van der Waals surface area contributed by atoms with Crippen LogP contribution in [0.2, 0.25) is 0 Å². The molecule has 3 heteroatoms. The Kier molecular flexibility index (Phi) is 2.78. The maximum Gasteiger partial charge on any atom is 0.337 e. The van der Waals surface area contributed by atoms with Crippen LogP contribution in [0.4, 0.5) is 0 Å². The topological polar surface area (TPSA) is 42.2 Å². The van der Waals surface area contributed by atoms with Gasteiger partial charge < -0.3 is 9.67 Å². The molecule has 1 aromatic rings. The Labute approximate surface area is 96.1 Å². The summed E-state index contributed by atoms with van der Waals surface area (Å²) in [4.78, 5) is 11.0. The number of rotatable bonds is 4. The van der Waals surface area contributed by atoms with Gasteiger partial charge in [0.1, 0.15) is 0 Å². The molecule has 1 unspecified atom stereocenters. The minimum absolute atomic E-state index is 0.417. The molecule has 1 saturated carbocycles. The predicted octanol–water partition coefficient (Wildman–Crippen LogP) is 3.16. The fourth-order valence-corrected chi connectivity index (χ4v) is 2.61. The number of carbonyl (C=O) groups is 1. The summed E-state index contributed by atoms with van der Waals surface area (Å²) in [5.41, 5.74) is 2.39. The third-order valence-electron chi connectivity index (χ3n) is 3.53. The number of carboxylic acid groups (broad SMARTS) is 1. The van der Waals surface area contributed by atoms with Crippen molar-refractivity contribution in [3.63, 3.8) is 0 Å². The van der Waals surface area contributed by atoms with E-state index in [-0.39, 0.29) is 0 Å². The number of aromatic nitrogens is 1. The standard InChI is InChI=1S/C13H19NO2/c1-8(6-11-4-5-11)14-9(2)7-12(10(14)3)13(15)16/h7-8,11H,4-6H2,1-3H3,(H,15,16). The van der Waals surface area contributed by atoms with Gasteiger partial charge in [-0.2, -0.15) is 0 Å². The lowest BCUT2D eigenvalue weighted by Crippen LogP contribution is -2.10. The molecule has 2 rings (SSSR count). The third-order valence-corrected chi connectivity index (χ3v) is 3.53. The quantitative estimate of drug-likeness (QED) is 0.848. The van der Waals surface area contributed by atoms with Gasteiger partial charge in [0.15, 0.2) is 0 Å². The van der Waals surface area contributed by atoms with Crippen LogP contribution >= 0.6 is 0 Å². The van der Waals surface area contributed by atoms with E-state index in [0.29, 0.717) is 11.6 Å². The van der Waals surface area contributed by atoms with Crippen LogP contribution in [0.15, 0.2) is 6.07 Å². The van der Waals surface area contributed by atoms with Crippen LogP contribution < -0.4 is 0 Å². The van der Waals surface area contributed by atoms with Gasteiger partial charge in [-0.3, -0.25) is 0 Å². The van der Waals surface area contributed by atoms with Gasteiger partial charge in [0.05, 0.1) is 5.56 Å². The van der Waals surface area contributed by atoms with Gasteiger partial charge in [0, 0.05) is 17.4 Å². The van der Waals surface area contributed by atoms with E-state index < -0.39 is 5.97 Å². The first-order chi connectivity index (χ1) is 7.50. The second kappa shape index (κ2) is 3.96. The second-order valence-electron chi connectivity index (χ2n) is 4.99. The van der Waals surface area contributed by atoms with Crippen molar-refractivity contribution < 1.29 is 9.90 Å². The lowest BCUT2D eigenvalue weighted by molar-refractivity contribution is 0.0696. The van der Waals surface area contributed by atoms with Crippen molar-refractivity contribution in [3.8, 4) is 0 Å². The second-order valence-corrected chi connectivity index (χ2v) is 4.99. The normalized spacial score (nSPS) is 17.4.